The van der Waals surface area contributed by atoms with Crippen LogP contribution in [-0.2, 0) is 16.0 Å². The number of esters is 1. The number of aromatic nitrogens is 3. The van der Waals surface area contributed by atoms with Crippen LogP contribution in [0.1, 0.15) is 42.4 Å². The van der Waals surface area contributed by atoms with Crippen molar-refractivity contribution in [3.8, 4) is 0 Å². The molecule has 5 heterocycles. The summed E-state index contributed by atoms with van der Waals surface area (Å²) in [6.07, 6.45) is 0.425. The Kier molecular flexibility index (Phi) is 6.97. The second-order valence-electron chi connectivity index (χ2n) is 9.22. The molecule has 2 aliphatic rings. The van der Waals surface area contributed by atoms with Crippen LogP contribution in [-0.4, -0.2) is 70.7 Å². The molecule has 0 saturated carbocycles. The molecule has 2 fully saturated rings. The Morgan fingerprint density at radius 1 is 1.16 bits per heavy atom. The van der Waals surface area contributed by atoms with E-state index in [0.29, 0.717) is 30.5 Å². The van der Waals surface area contributed by atoms with Gasteiger partial charge in [-0.15, -0.1) is 11.3 Å². The lowest BCUT2D eigenvalue weighted by Crippen LogP contribution is -2.40. The molecule has 1 N–H and O–H groups in total. The summed E-state index contributed by atoms with van der Waals surface area (Å²) in [5.41, 5.74) is 2.35. The number of hydrogen-bond acceptors (Lipinski definition) is 8. The molecule has 0 aliphatic carbocycles. The zero-order valence-electron chi connectivity index (χ0n) is 20.2. The molecule has 9 nitrogen and oxygen atoms in total. The van der Waals surface area contributed by atoms with E-state index in [0.717, 1.165) is 36.4 Å². The number of piperidine rings is 1. The smallest absolute Gasteiger partial charge is 0.456 e. The lowest BCUT2D eigenvalue weighted by atomic mass is 10.1. The molecule has 1 amide bonds. The van der Waals surface area contributed by atoms with Crippen molar-refractivity contribution >= 4 is 39.7 Å². The number of anilines is 2. The van der Waals surface area contributed by atoms with Gasteiger partial charge in [0, 0.05) is 62.8 Å². The first-order valence-electron chi connectivity index (χ1n) is 12.2. The van der Waals surface area contributed by atoms with Crippen molar-refractivity contribution in [1.29, 1.82) is 0 Å². The van der Waals surface area contributed by atoms with Gasteiger partial charge in [0.15, 0.2) is 10.9 Å². The minimum absolute atomic E-state index is 0.0428. The van der Waals surface area contributed by atoms with Crippen LogP contribution in [0.2, 0.25) is 0 Å². The van der Waals surface area contributed by atoms with Crippen LogP contribution in [0, 0.1) is 0 Å². The number of hydrogen-bond donors (Lipinski definition) is 1. The number of alkyl halides is 3. The van der Waals surface area contributed by atoms with Gasteiger partial charge in [-0.05, 0) is 25.0 Å². The lowest BCUT2D eigenvalue weighted by Gasteiger charge is -2.31. The Labute approximate surface area is 215 Å². The fraction of sp³-hybridized carbons (Fsp3) is 0.500. The van der Waals surface area contributed by atoms with Crippen molar-refractivity contribution in [2.45, 2.75) is 50.9 Å². The summed E-state index contributed by atoms with van der Waals surface area (Å²) < 4.78 is 43.9. The van der Waals surface area contributed by atoms with E-state index in [-0.39, 0.29) is 24.8 Å². The minimum atomic E-state index is -4.99. The normalized spacial score (nSPS) is 19.0. The molecule has 1 atom stereocenters. The van der Waals surface area contributed by atoms with Gasteiger partial charge < -0.3 is 24.3 Å². The Balaban J connectivity index is 1.15. The van der Waals surface area contributed by atoms with Crippen LogP contribution in [0.4, 0.5) is 24.1 Å². The van der Waals surface area contributed by atoms with Crippen molar-refractivity contribution in [1.82, 2.24) is 19.7 Å². The fourth-order valence-electron chi connectivity index (χ4n) is 4.71. The summed E-state index contributed by atoms with van der Waals surface area (Å²) in [5.74, 6) is -1.50. The van der Waals surface area contributed by atoms with Crippen LogP contribution < -0.4 is 15.1 Å². The summed E-state index contributed by atoms with van der Waals surface area (Å²) in [6, 6.07) is 3.99. The highest BCUT2D eigenvalue weighted by molar-refractivity contribution is 7.13. The Morgan fingerprint density at radius 2 is 1.92 bits per heavy atom. The van der Waals surface area contributed by atoms with Crippen LogP contribution >= 0.6 is 11.3 Å². The third-order valence-corrected chi connectivity index (χ3v) is 7.57. The third kappa shape index (κ3) is 5.50. The van der Waals surface area contributed by atoms with Gasteiger partial charge in [-0.3, -0.25) is 4.79 Å². The Bertz CT molecular complexity index is 1280. The highest BCUT2D eigenvalue weighted by atomic mass is 32.1. The number of nitrogens with one attached hydrogen (secondary N) is 1. The van der Waals surface area contributed by atoms with Gasteiger partial charge in [-0.1, -0.05) is 6.92 Å². The zero-order chi connectivity index (χ0) is 26.2. The van der Waals surface area contributed by atoms with Gasteiger partial charge >= 0.3 is 12.1 Å². The van der Waals surface area contributed by atoms with E-state index in [1.165, 1.54) is 11.3 Å². The van der Waals surface area contributed by atoms with Gasteiger partial charge in [0.05, 0.1) is 11.2 Å². The van der Waals surface area contributed by atoms with E-state index in [9.17, 15) is 22.8 Å². The number of nitrogens with zero attached hydrogens (tertiary/aromatic N) is 5. The van der Waals surface area contributed by atoms with Crippen LogP contribution in [0.25, 0.3) is 5.52 Å². The summed E-state index contributed by atoms with van der Waals surface area (Å²) in [6.45, 7) is 4.28. The molecule has 5 rings (SSSR count). The van der Waals surface area contributed by atoms with Crippen molar-refractivity contribution in [3.63, 3.8) is 0 Å². The van der Waals surface area contributed by atoms with Crippen LogP contribution in [0.15, 0.2) is 29.9 Å². The van der Waals surface area contributed by atoms with Crippen molar-refractivity contribution in [3.05, 3.63) is 41.3 Å². The highest BCUT2D eigenvalue weighted by Crippen LogP contribution is 2.28. The predicted molar refractivity (Wildman–Crippen MR) is 132 cm³/mol. The number of carbonyl (C=O) groups excluding carboxylic acids is 2. The second-order valence-corrected chi connectivity index (χ2v) is 10.1. The number of ether oxygens (including phenoxy) is 1. The second kappa shape index (κ2) is 10.2. The van der Waals surface area contributed by atoms with Gasteiger partial charge in [0.2, 0.25) is 0 Å². The largest absolute Gasteiger partial charge is 0.490 e. The molecular formula is C24H27F3N6O3S. The van der Waals surface area contributed by atoms with E-state index in [2.05, 4.69) is 31.3 Å². The SMILES string of the molecule is CCc1cn2cccc2c(N2CC[C@H](NC(=O)c3csc(N4CCC(OC(=O)C(F)(F)F)CC4)n3)C2)n1. The molecule has 37 heavy (non-hydrogen) atoms. The Hall–Kier alpha value is -3.35. The molecule has 0 unspecified atom stereocenters. The number of thiazole rings is 1. The maximum absolute atomic E-state index is 12.9. The van der Waals surface area contributed by atoms with E-state index >= 15 is 0 Å². The van der Waals surface area contributed by atoms with E-state index < -0.39 is 18.2 Å². The van der Waals surface area contributed by atoms with Crippen molar-refractivity contribution in [2.24, 2.45) is 0 Å². The standard InChI is InChI=1S/C24H27F3N6O3S/c1-2-15-12-32-8-3-4-19(32)20(28-15)33-9-5-16(13-33)29-21(34)18-14-37-23(30-18)31-10-6-17(7-11-31)36-22(35)24(25,26)27/h3-4,8,12,14,16-17H,2,5-7,9-11,13H2,1H3,(H,29,34)/t16-/m0/s1. The van der Waals surface area contributed by atoms with Crippen molar-refractivity contribution < 1.29 is 27.5 Å². The van der Waals surface area contributed by atoms with Crippen LogP contribution in [0.3, 0.4) is 0 Å². The first kappa shape index (κ1) is 25.3. The number of fused-ring (bicyclic) bond motifs is 1. The quantitative estimate of drug-likeness (QED) is 0.483. The topological polar surface area (TPSA) is 92.1 Å². The number of carbonyl (C=O) groups is 2. The molecule has 2 aliphatic heterocycles. The van der Waals surface area contributed by atoms with E-state index in [1.807, 2.05) is 29.4 Å². The monoisotopic (exact) mass is 536 g/mol. The van der Waals surface area contributed by atoms with E-state index in [4.69, 9.17) is 4.98 Å². The first-order chi connectivity index (χ1) is 17.7. The number of amides is 1. The average Bonchev–Trinajstić information content (AvgIpc) is 3.64. The summed E-state index contributed by atoms with van der Waals surface area (Å²) in [5, 5.41) is 5.38. The number of halogens is 3. The molecular weight excluding hydrogens is 509 g/mol. The molecule has 13 heteroatoms. The third-order valence-electron chi connectivity index (χ3n) is 6.67. The van der Waals surface area contributed by atoms with Crippen LogP contribution in [0.5, 0.6) is 0 Å². The molecule has 3 aromatic rings. The lowest BCUT2D eigenvalue weighted by molar-refractivity contribution is -0.205. The van der Waals surface area contributed by atoms with Gasteiger partial charge in [-0.2, -0.15) is 13.2 Å². The van der Waals surface area contributed by atoms with Gasteiger partial charge in [0.1, 0.15) is 11.8 Å². The zero-order valence-corrected chi connectivity index (χ0v) is 21.0. The number of aryl methyl sites for hydroxylation is 1. The fourth-order valence-corrected chi connectivity index (χ4v) is 5.57. The van der Waals surface area contributed by atoms with E-state index in [1.54, 1.807) is 5.38 Å². The average molecular weight is 537 g/mol. The first-order valence-corrected chi connectivity index (χ1v) is 13.1. The van der Waals surface area contributed by atoms with Crippen molar-refractivity contribution in [2.75, 3.05) is 36.0 Å². The maximum atomic E-state index is 12.9. The highest BCUT2D eigenvalue weighted by Gasteiger charge is 2.42. The summed E-state index contributed by atoms with van der Waals surface area (Å²) in [7, 11) is 0. The molecule has 0 radical (unpaired) electrons. The van der Waals surface area contributed by atoms with Gasteiger partial charge in [-0.25, -0.2) is 14.8 Å². The summed E-state index contributed by atoms with van der Waals surface area (Å²) in [4.78, 5) is 37.3. The molecule has 3 aromatic heterocycles. The molecule has 0 bridgehead atoms. The molecule has 2 saturated heterocycles. The minimum Gasteiger partial charge on any atom is -0.456 e. The molecule has 0 spiro atoms. The predicted octanol–water partition coefficient (Wildman–Crippen LogP) is 3.44. The van der Waals surface area contributed by atoms with Gasteiger partial charge in [0.25, 0.3) is 5.91 Å². The molecule has 198 valence electrons. The number of rotatable bonds is 6. The Morgan fingerprint density at radius 3 is 2.65 bits per heavy atom. The maximum Gasteiger partial charge on any atom is 0.490 e. The molecule has 0 aromatic carbocycles. The summed E-state index contributed by atoms with van der Waals surface area (Å²) >= 11 is 1.31.